The minimum atomic E-state index is 0.114. The first-order valence-electron chi connectivity index (χ1n) is 7.68. The van der Waals surface area contributed by atoms with E-state index in [0.717, 1.165) is 12.6 Å². The van der Waals surface area contributed by atoms with Gasteiger partial charge in [-0.15, -0.1) is 0 Å². The van der Waals surface area contributed by atoms with E-state index in [9.17, 15) is 4.79 Å². The smallest absolute Gasteiger partial charge is 0.222 e. The largest absolute Gasteiger partial charge is 0.356 e. The zero-order chi connectivity index (χ0) is 13.0. The third kappa shape index (κ3) is 3.71. The van der Waals surface area contributed by atoms with Crippen LogP contribution in [0.3, 0.4) is 0 Å². The Balaban J connectivity index is 1.65. The van der Waals surface area contributed by atoms with E-state index >= 15 is 0 Å². The van der Waals surface area contributed by atoms with Crippen LogP contribution in [0.15, 0.2) is 0 Å². The molecule has 1 aliphatic heterocycles. The Morgan fingerprint density at radius 1 is 1.17 bits per heavy atom. The van der Waals surface area contributed by atoms with Crippen LogP contribution in [0.25, 0.3) is 0 Å². The van der Waals surface area contributed by atoms with Crippen molar-refractivity contribution < 1.29 is 4.79 Å². The van der Waals surface area contributed by atoms with Gasteiger partial charge in [0.25, 0.3) is 0 Å². The second-order valence-corrected chi connectivity index (χ2v) is 6.32. The average Bonchev–Trinajstić information content (AvgIpc) is 2.90. The molecule has 3 nitrogen and oxygen atoms in total. The lowest BCUT2D eigenvalue weighted by Gasteiger charge is -2.36. The number of hydrogen-bond donors (Lipinski definition) is 1. The number of carbonyl (C=O) groups is 1. The van der Waals surface area contributed by atoms with Crippen LogP contribution in [0.1, 0.15) is 52.4 Å². The first-order chi connectivity index (χ1) is 8.66. The first-order valence-corrected chi connectivity index (χ1v) is 7.68. The summed E-state index contributed by atoms with van der Waals surface area (Å²) in [5.74, 6) is 1.02. The van der Waals surface area contributed by atoms with Crippen molar-refractivity contribution in [1.29, 1.82) is 0 Å². The molecule has 0 aromatic carbocycles. The van der Waals surface area contributed by atoms with Crippen LogP contribution in [-0.2, 0) is 4.79 Å². The van der Waals surface area contributed by atoms with Crippen LogP contribution in [0, 0.1) is 11.8 Å². The minimum Gasteiger partial charge on any atom is -0.356 e. The van der Waals surface area contributed by atoms with Gasteiger partial charge in [0.05, 0.1) is 0 Å². The third-order valence-electron chi connectivity index (χ3n) is 4.58. The van der Waals surface area contributed by atoms with Crippen molar-refractivity contribution in [3.8, 4) is 0 Å². The summed E-state index contributed by atoms with van der Waals surface area (Å²) < 4.78 is 0. The number of rotatable bonds is 4. The van der Waals surface area contributed by atoms with Gasteiger partial charge in [0.15, 0.2) is 0 Å². The molecule has 2 aliphatic rings. The maximum absolute atomic E-state index is 11.5. The van der Waals surface area contributed by atoms with E-state index in [1.54, 1.807) is 0 Å². The monoisotopic (exact) mass is 252 g/mol. The molecule has 2 rings (SSSR count). The second-order valence-electron chi connectivity index (χ2n) is 6.32. The van der Waals surface area contributed by atoms with Gasteiger partial charge in [0.2, 0.25) is 5.91 Å². The van der Waals surface area contributed by atoms with E-state index < -0.39 is 0 Å². The van der Waals surface area contributed by atoms with E-state index in [2.05, 4.69) is 10.2 Å². The van der Waals surface area contributed by atoms with Gasteiger partial charge in [-0.05, 0) is 44.7 Å². The van der Waals surface area contributed by atoms with Gasteiger partial charge >= 0.3 is 0 Å². The Bertz CT molecular complexity index is 264. The molecule has 1 heterocycles. The molecule has 0 unspecified atom stereocenters. The van der Waals surface area contributed by atoms with E-state index in [-0.39, 0.29) is 11.8 Å². The fraction of sp³-hybridized carbons (Fsp3) is 0.933. The predicted molar refractivity (Wildman–Crippen MR) is 74.4 cm³/mol. The molecule has 1 saturated carbocycles. The molecule has 104 valence electrons. The normalized spacial score (nSPS) is 23.7. The minimum absolute atomic E-state index is 0.114. The number of piperidine rings is 1. The Morgan fingerprint density at radius 3 is 2.33 bits per heavy atom. The quantitative estimate of drug-likeness (QED) is 0.833. The van der Waals surface area contributed by atoms with Gasteiger partial charge in [0, 0.05) is 18.5 Å². The lowest BCUT2D eigenvalue weighted by molar-refractivity contribution is -0.124. The average molecular weight is 252 g/mol. The molecule has 0 bridgehead atoms. The van der Waals surface area contributed by atoms with E-state index in [1.165, 1.54) is 51.6 Å². The summed E-state index contributed by atoms with van der Waals surface area (Å²) in [6.45, 7) is 7.28. The summed E-state index contributed by atoms with van der Waals surface area (Å²) in [4.78, 5) is 14.2. The van der Waals surface area contributed by atoms with E-state index in [4.69, 9.17) is 0 Å². The Hall–Kier alpha value is -0.570. The van der Waals surface area contributed by atoms with Crippen molar-refractivity contribution in [2.75, 3.05) is 19.6 Å². The third-order valence-corrected chi connectivity index (χ3v) is 4.58. The van der Waals surface area contributed by atoms with Gasteiger partial charge in [-0.25, -0.2) is 0 Å². The van der Waals surface area contributed by atoms with Gasteiger partial charge in [0.1, 0.15) is 0 Å². The maximum atomic E-state index is 11.5. The highest BCUT2D eigenvalue weighted by atomic mass is 16.1. The molecule has 1 saturated heterocycles. The lowest BCUT2D eigenvalue weighted by Crippen LogP contribution is -2.43. The highest BCUT2D eigenvalue weighted by Gasteiger charge is 2.27. The molecule has 0 spiro atoms. The van der Waals surface area contributed by atoms with Crippen molar-refractivity contribution >= 4 is 5.91 Å². The molecule has 3 heteroatoms. The van der Waals surface area contributed by atoms with E-state index in [1.807, 2.05) is 13.8 Å². The molecule has 1 N–H and O–H groups in total. The van der Waals surface area contributed by atoms with Gasteiger partial charge in [-0.2, -0.15) is 0 Å². The number of nitrogens with one attached hydrogen (secondary N) is 1. The summed E-state index contributed by atoms with van der Waals surface area (Å²) in [6.07, 6.45) is 8.19. The van der Waals surface area contributed by atoms with Crippen LogP contribution >= 0.6 is 0 Å². The molecule has 0 radical (unpaired) electrons. The molecule has 0 aromatic heterocycles. The number of carbonyl (C=O) groups excluding carboxylic acids is 1. The highest BCUT2D eigenvalue weighted by Crippen LogP contribution is 2.27. The van der Waals surface area contributed by atoms with Crippen LogP contribution in [0.5, 0.6) is 0 Å². The zero-order valence-corrected chi connectivity index (χ0v) is 12.0. The Kier molecular flexibility index (Phi) is 5.04. The van der Waals surface area contributed by atoms with Crippen LogP contribution in [0.2, 0.25) is 0 Å². The Morgan fingerprint density at radius 2 is 1.78 bits per heavy atom. The van der Waals surface area contributed by atoms with Gasteiger partial charge in [-0.3, -0.25) is 4.79 Å². The van der Waals surface area contributed by atoms with Crippen molar-refractivity contribution in [1.82, 2.24) is 10.2 Å². The maximum Gasteiger partial charge on any atom is 0.222 e. The van der Waals surface area contributed by atoms with Crippen molar-refractivity contribution in [3.63, 3.8) is 0 Å². The topological polar surface area (TPSA) is 32.3 Å². The first kappa shape index (κ1) is 13.9. The number of likely N-dealkylation sites (tertiary alicyclic amines) is 1. The molecule has 18 heavy (non-hydrogen) atoms. The summed E-state index contributed by atoms with van der Waals surface area (Å²) in [7, 11) is 0. The standard InChI is InChI=1S/C15H28N2O/c1-12(2)15(18)16-11-13-7-9-17(10-8-13)14-5-3-4-6-14/h12-14H,3-11H2,1-2H3,(H,16,18). The summed E-state index contributed by atoms with van der Waals surface area (Å²) in [6, 6.07) is 0.871. The summed E-state index contributed by atoms with van der Waals surface area (Å²) in [5.41, 5.74) is 0. The van der Waals surface area contributed by atoms with Crippen molar-refractivity contribution in [2.45, 2.75) is 58.4 Å². The number of amides is 1. The molecule has 2 fully saturated rings. The molecular formula is C15H28N2O. The predicted octanol–water partition coefficient (Wildman–Crippen LogP) is 2.41. The summed E-state index contributed by atoms with van der Waals surface area (Å²) >= 11 is 0. The Labute approximate surface area is 111 Å². The van der Waals surface area contributed by atoms with Gasteiger partial charge in [-0.1, -0.05) is 26.7 Å². The second kappa shape index (κ2) is 6.55. The van der Waals surface area contributed by atoms with Crippen LogP contribution < -0.4 is 5.32 Å². The van der Waals surface area contributed by atoms with Crippen LogP contribution in [-0.4, -0.2) is 36.5 Å². The molecule has 1 amide bonds. The molecular weight excluding hydrogens is 224 g/mol. The van der Waals surface area contributed by atoms with Crippen LogP contribution in [0.4, 0.5) is 0 Å². The number of hydrogen-bond acceptors (Lipinski definition) is 2. The van der Waals surface area contributed by atoms with Gasteiger partial charge < -0.3 is 10.2 Å². The molecule has 1 aliphatic carbocycles. The van der Waals surface area contributed by atoms with Crippen molar-refractivity contribution in [2.24, 2.45) is 11.8 Å². The fourth-order valence-corrected chi connectivity index (χ4v) is 3.24. The number of nitrogens with zero attached hydrogens (tertiary/aromatic N) is 1. The molecule has 0 atom stereocenters. The fourth-order valence-electron chi connectivity index (χ4n) is 3.24. The SMILES string of the molecule is CC(C)C(=O)NCC1CCN(C2CCCC2)CC1. The lowest BCUT2D eigenvalue weighted by atomic mass is 9.95. The van der Waals surface area contributed by atoms with Crippen molar-refractivity contribution in [3.05, 3.63) is 0 Å². The zero-order valence-electron chi connectivity index (χ0n) is 12.0. The highest BCUT2D eigenvalue weighted by molar-refractivity contribution is 5.77. The summed E-state index contributed by atoms with van der Waals surface area (Å²) in [5, 5.41) is 3.08. The molecule has 0 aromatic rings. The van der Waals surface area contributed by atoms with E-state index in [0.29, 0.717) is 5.92 Å².